The van der Waals surface area contributed by atoms with Crippen LogP contribution in [-0.4, -0.2) is 23.1 Å². The number of nitrogens with zero attached hydrogens (tertiary/aromatic N) is 2. The molecule has 0 spiro atoms. The van der Waals surface area contributed by atoms with Gasteiger partial charge in [-0.15, -0.1) is 0 Å². The Morgan fingerprint density at radius 2 is 2.38 bits per heavy atom. The van der Waals surface area contributed by atoms with E-state index in [-0.39, 0.29) is 0 Å². The second-order valence-corrected chi connectivity index (χ2v) is 3.77. The minimum absolute atomic E-state index is 0.492. The summed E-state index contributed by atoms with van der Waals surface area (Å²) < 4.78 is 0.990. The van der Waals surface area contributed by atoms with Crippen molar-refractivity contribution >= 4 is 15.9 Å². The molecule has 1 unspecified atom stereocenters. The Morgan fingerprint density at radius 1 is 1.62 bits per heavy atom. The summed E-state index contributed by atoms with van der Waals surface area (Å²) in [5.74, 6) is 0. The first-order valence-electron chi connectivity index (χ1n) is 4.39. The number of aromatic nitrogens is 2. The molecule has 0 fully saturated rings. The number of halogens is 1. The fraction of sp³-hybridized carbons (Fsp3) is 0.556. The third-order valence-electron chi connectivity index (χ3n) is 2.08. The third-order valence-corrected chi connectivity index (χ3v) is 2.75. The molecule has 1 rings (SSSR count). The molecule has 0 aliphatic heterocycles. The van der Waals surface area contributed by atoms with Crippen LogP contribution in [0.25, 0.3) is 0 Å². The van der Waals surface area contributed by atoms with Gasteiger partial charge in [-0.05, 0) is 29.4 Å². The number of likely N-dealkylation sites (N-methyl/N-ethyl adjacent to an activating group) is 1. The normalized spacial score (nSPS) is 12.8. The standard InChI is InChI=1S/C9H14BrN3/c1-3-7(11-2)4-9-8(10)5-12-6-13-9/h5-7,11H,3-4H2,1-2H3. The molecule has 3 nitrogen and oxygen atoms in total. The maximum absolute atomic E-state index is 4.22. The smallest absolute Gasteiger partial charge is 0.115 e. The quantitative estimate of drug-likeness (QED) is 0.877. The van der Waals surface area contributed by atoms with E-state index in [4.69, 9.17) is 0 Å². The van der Waals surface area contributed by atoms with Crippen LogP contribution < -0.4 is 5.32 Å². The Morgan fingerprint density at radius 3 is 2.92 bits per heavy atom. The Labute approximate surface area is 87.1 Å². The van der Waals surface area contributed by atoms with Gasteiger partial charge >= 0.3 is 0 Å². The second kappa shape index (κ2) is 5.29. The van der Waals surface area contributed by atoms with E-state index in [2.05, 4.69) is 38.1 Å². The fourth-order valence-corrected chi connectivity index (χ4v) is 1.55. The Kier molecular flexibility index (Phi) is 4.32. The molecule has 0 aliphatic carbocycles. The molecule has 0 aromatic carbocycles. The van der Waals surface area contributed by atoms with Gasteiger partial charge in [0.2, 0.25) is 0 Å². The molecular weight excluding hydrogens is 230 g/mol. The summed E-state index contributed by atoms with van der Waals surface area (Å²) >= 11 is 3.43. The van der Waals surface area contributed by atoms with Gasteiger partial charge in [0.15, 0.2) is 0 Å². The molecule has 13 heavy (non-hydrogen) atoms. The molecule has 1 aromatic heterocycles. The van der Waals surface area contributed by atoms with Crippen LogP contribution >= 0.6 is 15.9 Å². The van der Waals surface area contributed by atoms with Crippen LogP contribution in [-0.2, 0) is 6.42 Å². The van der Waals surface area contributed by atoms with Crippen LogP contribution in [0.3, 0.4) is 0 Å². The predicted molar refractivity (Wildman–Crippen MR) is 56.6 cm³/mol. The minimum Gasteiger partial charge on any atom is -0.317 e. The van der Waals surface area contributed by atoms with Gasteiger partial charge in [-0.25, -0.2) is 9.97 Å². The highest BCUT2D eigenvalue weighted by Gasteiger charge is 2.07. The van der Waals surface area contributed by atoms with Crippen molar-refractivity contribution < 1.29 is 0 Å². The maximum atomic E-state index is 4.22. The zero-order chi connectivity index (χ0) is 9.68. The lowest BCUT2D eigenvalue weighted by Gasteiger charge is -2.13. The molecule has 1 atom stereocenters. The molecule has 0 radical (unpaired) electrons. The molecule has 0 bridgehead atoms. The summed E-state index contributed by atoms with van der Waals surface area (Å²) in [6.45, 7) is 2.16. The summed E-state index contributed by atoms with van der Waals surface area (Å²) in [6.07, 6.45) is 5.41. The summed E-state index contributed by atoms with van der Waals surface area (Å²) in [6, 6.07) is 0.492. The molecule has 0 aliphatic rings. The number of hydrogen-bond acceptors (Lipinski definition) is 3. The van der Waals surface area contributed by atoms with Crippen LogP contribution in [0, 0.1) is 0 Å². The number of rotatable bonds is 4. The first kappa shape index (κ1) is 10.6. The van der Waals surface area contributed by atoms with Crippen LogP contribution in [0.5, 0.6) is 0 Å². The van der Waals surface area contributed by atoms with Gasteiger partial charge in [-0.1, -0.05) is 6.92 Å². The van der Waals surface area contributed by atoms with E-state index in [1.54, 1.807) is 12.5 Å². The van der Waals surface area contributed by atoms with E-state index in [1.807, 2.05) is 7.05 Å². The van der Waals surface area contributed by atoms with Crippen molar-refractivity contribution in [2.45, 2.75) is 25.8 Å². The van der Waals surface area contributed by atoms with Crippen molar-refractivity contribution in [2.24, 2.45) is 0 Å². The lowest BCUT2D eigenvalue weighted by molar-refractivity contribution is 0.536. The lowest BCUT2D eigenvalue weighted by atomic mass is 10.1. The molecule has 1 heterocycles. The van der Waals surface area contributed by atoms with E-state index in [0.29, 0.717) is 6.04 Å². The molecule has 72 valence electrons. The summed E-state index contributed by atoms with van der Waals surface area (Å²) in [5, 5.41) is 3.25. The van der Waals surface area contributed by atoms with Gasteiger partial charge in [-0.2, -0.15) is 0 Å². The van der Waals surface area contributed by atoms with Gasteiger partial charge in [0.25, 0.3) is 0 Å². The molecule has 0 saturated heterocycles. The minimum atomic E-state index is 0.492. The topological polar surface area (TPSA) is 37.8 Å². The van der Waals surface area contributed by atoms with Gasteiger partial charge in [0.1, 0.15) is 6.33 Å². The molecule has 1 aromatic rings. The predicted octanol–water partition coefficient (Wildman–Crippen LogP) is 1.78. The molecule has 4 heteroatoms. The zero-order valence-corrected chi connectivity index (χ0v) is 9.50. The monoisotopic (exact) mass is 243 g/mol. The van der Waals surface area contributed by atoms with Gasteiger partial charge in [-0.3, -0.25) is 0 Å². The highest BCUT2D eigenvalue weighted by molar-refractivity contribution is 9.10. The van der Waals surface area contributed by atoms with Crippen LogP contribution in [0.1, 0.15) is 19.0 Å². The van der Waals surface area contributed by atoms with E-state index >= 15 is 0 Å². The van der Waals surface area contributed by atoms with E-state index in [1.165, 1.54) is 0 Å². The third kappa shape index (κ3) is 3.04. The van der Waals surface area contributed by atoms with Crippen molar-refractivity contribution in [1.82, 2.24) is 15.3 Å². The summed E-state index contributed by atoms with van der Waals surface area (Å²) in [4.78, 5) is 8.14. The lowest BCUT2D eigenvalue weighted by Crippen LogP contribution is -2.27. The first-order valence-corrected chi connectivity index (χ1v) is 5.18. The number of hydrogen-bond donors (Lipinski definition) is 1. The number of nitrogens with one attached hydrogen (secondary N) is 1. The molecule has 0 saturated carbocycles. The van der Waals surface area contributed by atoms with Crippen molar-refractivity contribution in [3.8, 4) is 0 Å². The Hall–Kier alpha value is -0.480. The maximum Gasteiger partial charge on any atom is 0.115 e. The zero-order valence-electron chi connectivity index (χ0n) is 7.92. The van der Waals surface area contributed by atoms with Crippen LogP contribution in [0.2, 0.25) is 0 Å². The fourth-order valence-electron chi connectivity index (χ4n) is 1.17. The summed E-state index contributed by atoms with van der Waals surface area (Å²) in [5.41, 5.74) is 1.07. The largest absolute Gasteiger partial charge is 0.317 e. The highest BCUT2D eigenvalue weighted by atomic mass is 79.9. The average Bonchev–Trinajstić information content (AvgIpc) is 2.17. The van der Waals surface area contributed by atoms with Crippen molar-refractivity contribution in [3.63, 3.8) is 0 Å². The second-order valence-electron chi connectivity index (χ2n) is 2.92. The van der Waals surface area contributed by atoms with Crippen molar-refractivity contribution in [1.29, 1.82) is 0 Å². The van der Waals surface area contributed by atoms with Crippen molar-refractivity contribution in [3.05, 3.63) is 22.7 Å². The van der Waals surface area contributed by atoms with Crippen molar-refractivity contribution in [2.75, 3.05) is 7.05 Å². The van der Waals surface area contributed by atoms with Gasteiger partial charge in [0.05, 0.1) is 10.2 Å². The highest BCUT2D eigenvalue weighted by Crippen LogP contribution is 2.14. The van der Waals surface area contributed by atoms with E-state index < -0.39 is 0 Å². The molecular formula is C9H14BrN3. The SMILES string of the molecule is CCC(Cc1ncncc1Br)NC. The molecule has 0 amide bonds. The van der Waals surface area contributed by atoms with E-state index in [9.17, 15) is 0 Å². The molecule has 1 N–H and O–H groups in total. The Balaban J connectivity index is 2.67. The van der Waals surface area contributed by atoms with E-state index in [0.717, 1.165) is 23.0 Å². The van der Waals surface area contributed by atoms with Crippen LogP contribution in [0.4, 0.5) is 0 Å². The Bertz CT molecular complexity index is 261. The van der Waals surface area contributed by atoms with Crippen LogP contribution in [0.15, 0.2) is 17.0 Å². The van der Waals surface area contributed by atoms with Gasteiger partial charge < -0.3 is 5.32 Å². The first-order chi connectivity index (χ1) is 6.27. The summed E-state index contributed by atoms with van der Waals surface area (Å²) in [7, 11) is 1.98. The van der Waals surface area contributed by atoms with Gasteiger partial charge in [0, 0.05) is 18.7 Å². The average molecular weight is 244 g/mol.